The highest BCUT2D eigenvalue weighted by Crippen LogP contribution is 2.32. The summed E-state index contributed by atoms with van der Waals surface area (Å²) in [5.41, 5.74) is 5.83. The van der Waals surface area contributed by atoms with Gasteiger partial charge in [-0.05, 0) is 69.0 Å². The van der Waals surface area contributed by atoms with E-state index in [2.05, 4.69) is 27.2 Å². The molecule has 0 radical (unpaired) electrons. The Labute approximate surface area is 250 Å². The number of rotatable bonds is 7. The van der Waals surface area contributed by atoms with Crippen LogP contribution in [0.4, 0.5) is 17.3 Å². The molecule has 1 N–H and O–H groups in total. The quantitative estimate of drug-likeness (QED) is 0.245. The zero-order valence-corrected chi connectivity index (χ0v) is 25.0. The van der Waals surface area contributed by atoms with E-state index >= 15 is 0 Å². The average molecular weight is 585 g/mol. The van der Waals surface area contributed by atoms with Gasteiger partial charge >= 0.3 is 0 Å². The first-order valence-corrected chi connectivity index (χ1v) is 13.5. The normalized spacial score (nSPS) is 16.0. The highest BCUT2D eigenvalue weighted by molar-refractivity contribution is 6.08. The molecule has 6 rings (SSSR count). The maximum absolute atomic E-state index is 13.2. The summed E-state index contributed by atoms with van der Waals surface area (Å²) in [6, 6.07) is 15.5. The molecule has 10 nitrogen and oxygen atoms in total. The summed E-state index contributed by atoms with van der Waals surface area (Å²) in [6.07, 6.45) is 5.31. The van der Waals surface area contributed by atoms with E-state index in [1.54, 1.807) is 11.2 Å². The highest BCUT2D eigenvalue weighted by Gasteiger charge is 2.34. The average Bonchev–Trinajstić information content (AvgIpc) is 3.46. The number of aromatic nitrogens is 5. The van der Waals surface area contributed by atoms with Crippen molar-refractivity contribution in [3.63, 3.8) is 0 Å². The van der Waals surface area contributed by atoms with Crippen LogP contribution < -0.4 is 15.0 Å². The fraction of sp³-hybridized carbons (Fsp3) is 0.258. The van der Waals surface area contributed by atoms with Gasteiger partial charge < -0.3 is 19.5 Å². The van der Waals surface area contributed by atoms with Crippen LogP contribution in [0, 0.1) is 12.8 Å². The lowest BCUT2D eigenvalue weighted by atomic mass is 10.0. The molecule has 1 fully saturated rings. The van der Waals surface area contributed by atoms with Crippen molar-refractivity contribution in [3.8, 4) is 11.5 Å². The topological polar surface area (TPSA) is 101 Å². The van der Waals surface area contributed by atoms with Gasteiger partial charge in [0.1, 0.15) is 29.2 Å². The maximum Gasteiger partial charge on any atom is 0.255 e. The standard InChI is InChI=1S/C31H32N8O2.ClH/c1-19-14-21(6-10-27(19)41-22-7-9-26-25(15-22)34-18-38(26)5)35-30-29-24(32-17-33-30)8-11-28(36-29)39-16-20(2)23(31(39)40)12-13-37(3)4;/h6-12,14-15,17-18,20H,13,16H2,1-5H3,(H,32,33,35);1H/b23-12+;/t20-;/m0./s1. The first-order valence-electron chi connectivity index (χ1n) is 13.5. The van der Waals surface area contributed by atoms with Crippen molar-refractivity contribution >= 4 is 57.7 Å². The lowest BCUT2D eigenvalue weighted by molar-refractivity contribution is -0.114. The van der Waals surface area contributed by atoms with Gasteiger partial charge in [-0.25, -0.2) is 19.9 Å². The van der Waals surface area contributed by atoms with Gasteiger partial charge in [0.2, 0.25) is 0 Å². The molecule has 0 spiro atoms. The van der Waals surface area contributed by atoms with Crippen molar-refractivity contribution in [1.29, 1.82) is 0 Å². The van der Waals surface area contributed by atoms with Gasteiger partial charge in [0.25, 0.3) is 5.91 Å². The third-order valence-corrected chi connectivity index (χ3v) is 7.26. The van der Waals surface area contributed by atoms with E-state index < -0.39 is 0 Å². The second-order valence-corrected chi connectivity index (χ2v) is 10.7. The van der Waals surface area contributed by atoms with Crippen LogP contribution in [0.5, 0.6) is 11.5 Å². The van der Waals surface area contributed by atoms with Crippen molar-refractivity contribution in [3.05, 3.63) is 78.4 Å². The number of benzene rings is 2. The number of imidazole rings is 1. The van der Waals surface area contributed by atoms with Crippen molar-refractivity contribution < 1.29 is 9.53 Å². The summed E-state index contributed by atoms with van der Waals surface area (Å²) >= 11 is 0. The van der Waals surface area contributed by atoms with Crippen LogP contribution in [0.1, 0.15) is 12.5 Å². The number of hydrogen-bond acceptors (Lipinski definition) is 8. The van der Waals surface area contributed by atoms with Crippen molar-refractivity contribution in [2.24, 2.45) is 13.0 Å². The zero-order valence-electron chi connectivity index (χ0n) is 24.2. The number of amides is 1. The molecule has 4 heterocycles. The lowest BCUT2D eigenvalue weighted by Gasteiger charge is -2.16. The Morgan fingerprint density at radius 2 is 1.90 bits per heavy atom. The molecule has 1 aliphatic rings. The minimum absolute atomic E-state index is 0. The minimum Gasteiger partial charge on any atom is -0.457 e. The molecule has 0 unspecified atom stereocenters. The fourth-order valence-corrected chi connectivity index (χ4v) is 5.05. The van der Waals surface area contributed by atoms with Gasteiger partial charge in [0, 0.05) is 43.4 Å². The summed E-state index contributed by atoms with van der Waals surface area (Å²) in [5.74, 6) is 2.74. The zero-order chi connectivity index (χ0) is 28.7. The molecule has 2 aromatic carbocycles. The van der Waals surface area contributed by atoms with E-state index in [0.29, 0.717) is 29.2 Å². The molecule has 0 bridgehead atoms. The van der Waals surface area contributed by atoms with Crippen LogP contribution >= 0.6 is 12.4 Å². The van der Waals surface area contributed by atoms with Gasteiger partial charge in [0.05, 0.1) is 22.9 Å². The number of nitrogens with one attached hydrogen (secondary N) is 1. The largest absolute Gasteiger partial charge is 0.457 e. The number of nitrogens with zero attached hydrogens (tertiary/aromatic N) is 7. The molecule has 1 atom stereocenters. The number of carbonyl (C=O) groups excluding carboxylic acids is 1. The Balaban J connectivity index is 0.00000353. The van der Waals surface area contributed by atoms with Gasteiger partial charge in [0.15, 0.2) is 5.82 Å². The number of anilines is 3. The molecule has 0 aliphatic carbocycles. The Morgan fingerprint density at radius 3 is 2.69 bits per heavy atom. The van der Waals surface area contributed by atoms with E-state index in [0.717, 1.165) is 45.9 Å². The first kappa shape index (κ1) is 29.0. The summed E-state index contributed by atoms with van der Waals surface area (Å²) in [5, 5.41) is 3.38. The van der Waals surface area contributed by atoms with E-state index in [9.17, 15) is 4.79 Å². The summed E-state index contributed by atoms with van der Waals surface area (Å²) in [6.45, 7) is 5.37. The number of halogens is 1. The summed E-state index contributed by atoms with van der Waals surface area (Å²) in [4.78, 5) is 35.1. The van der Waals surface area contributed by atoms with Crippen molar-refractivity contribution in [2.75, 3.05) is 37.4 Å². The fourth-order valence-electron chi connectivity index (χ4n) is 5.05. The summed E-state index contributed by atoms with van der Waals surface area (Å²) < 4.78 is 8.15. The van der Waals surface area contributed by atoms with E-state index in [1.165, 1.54) is 6.33 Å². The first-order chi connectivity index (χ1) is 19.8. The molecule has 1 aliphatic heterocycles. The molecular weight excluding hydrogens is 552 g/mol. The van der Waals surface area contributed by atoms with Crippen LogP contribution in [-0.4, -0.2) is 62.5 Å². The number of pyridine rings is 1. The predicted octanol–water partition coefficient (Wildman–Crippen LogP) is 5.65. The van der Waals surface area contributed by atoms with Gasteiger partial charge in [-0.15, -0.1) is 12.4 Å². The van der Waals surface area contributed by atoms with Gasteiger partial charge in [-0.2, -0.15) is 0 Å². The van der Waals surface area contributed by atoms with Crippen molar-refractivity contribution in [1.82, 2.24) is 29.4 Å². The number of likely N-dealkylation sites (N-methyl/N-ethyl adjacent to an activating group) is 1. The van der Waals surface area contributed by atoms with Crippen LogP contribution in [0.3, 0.4) is 0 Å². The second kappa shape index (κ2) is 11.8. The smallest absolute Gasteiger partial charge is 0.255 e. The SMILES string of the molecule is Cc1cc(Nc2ncnc3ccc(N4C[C@H](C)/C(=C\CN(C)C)C4=O)nc23)ccc1Oc1ccc2c(c1)ncn2C.Cl. The Hall–Kier alpha value is -4.54. The highest BCUT2D eigenvalue weighted by atomic mass is 35.5. The third kappa shape index (κ3) is 5.63. The molecule has 1 saturated heterocycles. The van der Waals surface area contributed by atoms with Gasteiger partial charge in [-0.3, -0.25) is 9.69 Å². The number of aryl methyl sites for hydroxylation is 2. The Kier molecular flexibility index (Phi) is 8.11. The van der Waals surface area contributed by atoms with Gasteiger partial charge in [-0.1, -0.05) is 13.0 Å². The van der Waals surface area contributed by atoms with Crippen LogP contribution in [0.25, 0.3) is 22.1 Å². The Morgan fingerprint density at radius 1 is 1.07 bits per heavy atom. The minimum atomic E-state index is -0.00836. The van der Waals surface area contributed by atoms with E-state index in [4.69, 9.17) is 9.72 Å². The number of ether oxygens (including phenoxy) is 1. The van der Waals surface area contributed by atoms with E-state index in [1.807, 2.05) is 92.1 Å². The molecule has 5 aromatic rings. The second-order valence-electron chi connectivity index (χ2n) is 10.7. The number of fused-ring (bicyclic) bond motifs is 2. The van der Waals surface area contributed by atoms with Crippen molar-refractivity contribution in [2.45, 2.75) is 13.8 Å². The number of carbonyl (C=O) groups is 1. The molecule has 1 amide bonds. The summed E-state index contributed by atoms with van der Waals surface area (Å²) in [7, 11) is 5.95. The molecule has 0 saturated carbocycles. The van der Waals surface area contributed by atoms with Crippen LogP contribution in [0.15, 0.2) is 72.8 Å². The molecule has 216 valence electrons. The predicted molar refractivity (Wildman–Crippen MR) is 168 cm³/mol. The van der Waals surface area contributed by atoms with Crippen LogP contribution in [0.2, 0.25) is 0 Å². The molecule has 42 heavy (non-hydrogen) atoms. The van der Waals surface area contributed by atoms with E-state index in [-0.39, 0.29) is 24.2 Å². The number of hydrogen-bond donors (Lipinski definition) is 1. The third-order valence-electron chi connectivity index (χ3n) is 7.26. The monoisotopic (exact) mass is 584 g/mol. The lowest BCUT2D eigenvalue weighted by Crippen LogP contribution is -2.26. The molecule has 11 heteroatoms. The Bertz CT molecular complexity index is 1820. The maximum atomic E-state index is 13.2. The molecular formula is C31H33ClN8O2. The molecule has 3 aromatic heterocycles. The van der Waals surface area contributed by atoms with Crippen LogP contribution in [-0.2, 0) is 11.8 Å².